The van der Waals surface area contributed by atoms with Crippen molar-refractivity contribution in [1.82, 2.24) is 5.01 Å². The van der Waals surface area contributed by atoms with E-state index in [1.54, 1.807) is 10.0 Å². The van der Waals surface area contributed by atoms with Crippen molar-refractivity contribution in [3.63, 3.8) is 0 Å². The van der Waals surface area contributed by atoms with Gasteiger partial charge in [0.1, 0.15) is 0 Å². The summed E-state index contributed by atoms with van der Waals surface area (Å²) in [5, 5.41) is 8.14. The van der Waals surface area contributed by atoms with Gasteiger partial charge in [0.15, 0.2) is 0 Å². The quantitative estimate of drug-likeness (QED) is 0.315. The lowest BCUT2D eigenvalue weighted by Crippen LogP contribution is -2.52. The molecule has 0 N–H and O–H groups in total. The summed E-state index contributed by atoms with van der Waals surface area (Å²) in [5.41, 5.74) is 2.61. The number of rotatable bonds is 7. The van der Waals surface area contributed by atoms with Crippen LogP contribution in [0.5, 0.6) is 0 Å². The molecule has 3 fully saturated rings. The van der Waals surface area contributed by atoms with Gasteiger partial charge in [-0.3, -0.25) is 9.59 Å². The molecule has 2 heterocycles. The minimum absolute atomic E-state index is 0.0464. The number of hydrogen-bond donors (Lipinski definition) is 0. The first kappa shape index (κ1) is 26.9. The van der Waals surface area contributed by atoms with Gasteiger partial charge < -0.3 is 4.84 Å². The van der Waals surface area contributed by atoms with Gasteiger partial charge in [0.05, 0.1) is 28.3 Å². The number of anilines is 1. The van der Waals surface area contributed by atoms with Crippen LogP contribution in [-0.4, -0.2) is 34.7 Å². The summed E-state index contributed by atoms with van der Waals surface area (Å²) in [6.45, 7) is 6.64. The first-order valence-electron chi connectivity index (χ1n) is 15.4. The number of para-hydroxylation sites is 1. The summed E-state index contributed by atoms with van der Waals surface area (Å²) in [7, 11) is 0. The molecule has 6 heteroatoms. The third-order valence-corrected chi connectivity index (χ3v) is 11.0. The van der Waals surface area contributed by atoms with Gasteiger partial charge in [0.25, 0.3) is 11.8 Å². The number of nitrogens with zero attached hydrogens (tertiary/aromatic N) is 3. The van der Waals surface area contributed by atoms with E-state index >= 15 is 0 Å². The number of benzene rings is 3. The van der Waals surface area contributed by atoms with Crippen LogP contribution < -0.4 is 5.01 Å². The van der Waals surface area contributed by atoms with Gasteiger partial charge in [0, 0.05) is 6.42 Å². The summed E-state index contributed by atoms with van der Waals surface area (Å²) in [6, 6.07) is 30.3. The van der Waals surface area contributed by atoms with Crippen molar-refractivity contribution in [2.75, 3.05) is 5.01 Å². The number of hydrazine groups is 1. The van der Waals surface area contributed by atoms with E-state index in [0.717, 1.165) is 54.6 Å². The summed E-state index contributed by atoms with van der Waals surface area (Å²) in [6.07, 6.45) is 4.04. The average Bonchev–Trinajstić information content (AvgIpc) is 3.75. The van der Waals surface area contributed by atoms with Crippen LogP contribution in [0.2, 0.25) is 0 Å². The largest absolute Gasteiger partial charge is 0.382 e. The highest BCUT2D eigenvalue weighted by Gasteiger charge is 2.75. The summed E-state index contributed by atoms with van der Waals surface area (Å²) >= 11 is 0. The maximum absolute atomic E-state index is 14.6. The first-order valence-corrected chi connectivity index (χ1v) is 15.4. The van der Waals surface area contributed by atoms with E-state index in [9.17, 15) is 9.59 Å². The Kier molecular flexibility index (Phi) is 6.30. The SMILES string of the molecule is CCCC(C1=NO[C@@H](C(=O)N2C3CC4CCC3(C(=O)N2c2ccccc2)C4(C)C)C1)(c1ccccc1)c1ccccc1. The van der Waals surface area contributed by atoms with Gasteiger partial charge >= 0.3 is 0 Å². The molecule has 2 saturated carbocycles. The molecule has 3 aromatic carbocycles. The number of amides is 2. The van der Waals surface area contributed by atoms with E-state index in [0.29, 0.717) is 12.3 Å². The number of fused-ring (bicyclic) bond motifs is 1. The predicted molar refractivity (Wildman–Crippen MR) is 164 cm³/mol. The molecule has 2 amide bonds. The Balaban J connectivity index is 1.27. The molecule has 4 atom stereocenters. The average molecular weight is 562 g/mol. The molecule has 1 saturated heterocycles. The minimum Gasteiger partial charge on any atom is -0.382 e. The Morgan fingerprint density at radius 2 is 1.55 bits per heavy atom. The van der Waals surface area contributed by atoms with Crippen molar-refractivity contribution in [2.24, 2.45) is 21.9 Å². The number of hydrogen-bond acceptors (Lipinski definition) is 4. The second kappa shape index (κ2) is 9.82. The number of carbonyl (C=O) groups is 2. The highest BCUT2D eigenvalue weighted by molar-refractivity contribution is 6.07. The molecule has 42 heavy (non-hydrogen) atoms. The van der Waals surface area contributed by atoms with Gasteiger partial charge in [-0.15, -0.1) is 0 Å². The third kappa shape index (κ3) is 3.53. The monoisotopic (exact) mass is 561 g/mol. The normalized spacial score (nSPS) is 27.6. The zero-order chi connectivity index (χ0) is 29.1. The van der Waals surface area contributed by atoms with Crippen molar-refractivity contribution >= 4 is 23.2 Å². The Morgan fingerprint density at radius 3 is 2.12 bits per heavy atom. The van der Waals surface area contributed by atoms with E-state index < -0.39 is 16.9 Å². The maximum Gasteiger partial charge on any atom is 0.286 e. The molecule has 2 aliphatic carbocycles. The molecule has 6 nitrogen and oxygen atoms in total. The molecule has 3 unspecified atom stereocenters. The van der Waals surface area contributed by atoms with Crippen molar-refractivity contribution in [3.8, 4) is 0 Å². The van der Waals surface area contributed by atoms with Gasteiger partial charge in [-0.05, 0) is 60.3 Å². The van der Waals surface area contributed by atoms with Gasteiger partial charge in [0.2, 0.25) is 6.10 Å². The van der Waals surface area contributed by atoms with Crippen molar-refractivity contribution in [2.45, 2.75) is 76.9 Å². The number of carbonyl (C=O) groups excluding carboxylic acids is 2. The second-order valence-corrected chi connectivity index (χ2v) is 13.0. The van der Waals surface area contributed by atoms with Gasteiger partial charge in [-0.1, -0.05) is 111 Å². The molecule has 3 aromatic rings. The van der Waals surface area contributed by atoms with E-state index in [1.807, 2.05) is 42.5 Å². The Morgan fingerprint density at radius 1 is 0.952 bits per heavy atom. The van der Waals surface area contributed by atoms with Crippen LogP contribution in [-0.2, 0) is 19.8 Å². The summed E-state index contributed by atoms with van der Waals surface area (Å²) < 4.78 is 0. The zero-order valence-electron chi connectivity index (χ0n) is 24.7. The smallest absolute Gasteiger partial charge is 0.286 e. The van der Waals surface area contributed by atoms with E-state index in [4.69, 9.17) is 9.99 Å². The van der Waals surface area contributed by atoms with Crippen LogP contribution in [0.4, 0.5) is 5.69 Å². The van der Waals surface area contributed by atoms with Crippen LogP contribution in [0.15, 0.2) is 96.2 Å². The summed E-state index contributed by atoms with van der Waals surface area (Å²) in [4.78, 5) is 35.2. The molecular formula is C36H39N3O3. The van der Waals surface area contributed by atoms with Gasteiger partial charge in [-0.25, -0.2) is 10.0 Å². The lowest BCUT2D eigenvalue weighted by Gasteiger charge is -2.36. The Labute approximate surface area is 248 Å². The highest BCUT2D eigenvalue weighted by atomic mass is 16.6. The number of oxime groups is 1. The lowest BCUT2D eigenvalue weighted by molar-refractivity contribution is -0.145. The highest BCUT2D eigenvalue weighted by Crippen LogP contribution is 2.70. The Hall–Kier alpha value is -3.93. The van der Waals surface area contributed by atoms with Crippen LogP contribution in [0, 0.1) is 16.7 Å². The van der Waals surface area contributed by atoms with Crippen molar-refractivity contribution in [3.05, 3.63) is 102 Å². The maximum atomic E-state index is 14.6. The molecule has 2 aliphatic heterocycles. The molecule has 1 spiro atoms. The Bertz CT molecular complexity index is 1480. The molecule has 7 rings (SSSR count). The van der Waals surface area contributed by atoms with Crippen molar-refractivity contribution in [1.29, 1.82) is 0 Å². The topological polar surface area (TPSA) is 62.2 Å². The fourth-order valence-corrected chi connectivity index (χ4v) is 8.91. The standard InChI is InChI=1S/C36H39N3O3/c1-4-21-35(25-14-8-5-9-15-25,26-16-10-6-11-17-26)30-24-29(42-37-30)32(40)39-31-23-27-20-22-36(31,34(27,2)3)33(41)38(39)28-18-12-7-13-19-28/h5-19,27,29,31H,4,20-24H2,1-3H3/t27?,29-,31?,36?/m1/s1. The van der Waals surface area contributed by atoms with Crippen LogP contribution in [0.25, 0.3) is 0 Å². The molecule has 0 radical (unpaired) electrons. The van der Waals surface area contributed by atoms with E-state index in [1.165, 1.54) is 0 Å². The fourth-order valence-electron chi connectivity index (χ4n) is 8.91. The fraction of sp³-hybridized carbons (Fsp3) is 0.417. The molecule has 0 aromatic heterocycles. The summed E-state index contributed by atoms with van der Waals surface area (Å²) in [5.74, 6) is 0.289. The van der Waals surface area contributed by atoms with E-state index in [2.05, 4.69) is 69.3 Å². The second-order valence-electron chi connectivity index (χ2n) is 13.0. The minimum atomic E-state index is -0.792. The first-order chi connectivity index (χ1) is 20.4. The van der Waals surface area contributed by atoms with Crippen LogP contribution >= 0.6 is 0 Å². The lowest BCUT2D eigenvalue weighted by atomic mass is 9.67. The zero-order valence-corrected chi connectivity index (χ0v) is 24.7. The van der Waals surface area contributed by atoms with Crippen LogP contribution in [0.1, 0.15) is 70.4 Å². The third-order valence-electron chi connectivity index (χ3n) is 11.0. The molecule has 216 valence electrons. The molecular weight excluding hydrogens is 522 g/mol. The molecule has 2 bridgehead atoms. The predicted octanol–water partition coefficient (Wildman–Crippen LogP) is 6.90. The van der Waals surface area contributed by atoms with Gasteiger partial charge in [-0.2, -0.15) is 0 Å². The molecule has 4 aliphatic rings. The van der Waals surface area contributed by atoms with E-state index in [-0.39, 0.29) is 23.3 Å². The van der Waals surface area contributed by atoms with Crippen molar-refractivity contribution < 1.29 is 14.4 Å². The van der Waals surface area contributed by atoms with Crippen LogP contribution in [0.3, 0.4) is 0 Å².